The van der Waals surface area contributed by atoms with Crippen molar-refractivity contribution in [2.45, 2.75) is 19.3 Å². The van der Waals surface area contributed by atoms with Gasteiger partial charge < -0.3 is 0 Å². The van der Waals surface area contributed by atoms with Crippen molar-refractivity contribution >= 4 is 16.9 Å². The molecule has 0 N–H and O–H groups in total. The highest BCUT2D eigenvalue weighted by Gasteiger charge is 2.25. The molecule has 0 amide bonds. The summed E-state index contributed by atoms with van der Waals surface area (Å²) in [7, 11) is 0. The lowest BCUT2D eigenvalue weighted by Crippen LogP contribution is -2.09. The van der Waals surface area contributed by atoms with Gasteiger partial charge in [0.25, 0.3) is 0 Å². The van der Waals surface area contributed by atoms with E-state index in [1.165, 1.54) is 6.07 Å². The van der Waals surface area contributed by atoms with E-state index in [0.29, 0.717) is 34.5 Å². The summed E-state index contributed by atoms with van der Waals surface area (Å²) in [4.78, 5) is 16.7. The van der Waals surface area contributed by atoms with Crippen LogP contribution in [-0.2, 0) is 0 Å². The van der Waals surface area contributed by atoms with Crippen molar-refractivity contribution in [1.82, 2.24) is 9.55 Å². The third-order valence-corrected chi connectivity index (χ3v) is 4.22. The van der Waals surface area contributed by atoms with Crippen LogP contribution in [0.1, 0.15) is 24.1 Å². The molecule has 0 spiro atoms. The largest absolute Gasteiger partial charge is 0.286 e. The van der Waals surface area contributed by atoms with E-state index >= 15 is 0 Å². The minimum Gasteiger partial charge on any atom is -0.286 e. The van der Waals surface area contributed by atoms with Crippen molar-refractivity contribution in [2.24, 2.45) is 5.92 Å². The third-order valence-electron chi connectivity index (χ3n) is 4.22. The SMILES string of the molecule is O=C(CC1CC1)n1ccc2ncc(-c3ccc(F)c(F)c3)cc21. The monoisotopic (exact) mass is 312 g/mol. The molecule has 116 valence electrons. The molecule has 4 rings (SSSR count). The van der Waals surface area contributed by atoms with E-state index < -0.39 is 11.6 Å². The first-order valence-electron chi connectivity index (χ1n) is 7.57. The lowest BCUT2D eigenvalue weighted by molar-refractivity contribution is 0.0901. The van der Waals surface area contributed by atoms with E-state index in [4.69, 9.17) is 0 Å². The summed E-state index contributed by atoms with van der Waals surface area (Å²) in [5.74, 6) is -1.23. The number of aromatic nitrogens is 2. The molecule has 3 nitrogen and oxygen atoms in total. The van der Waals surface area contributed by atoms with Gasteiger partial charge in [-0.25, -0.2) is 8.78 Å². The molecular formula is C18H14F2N2O. The summed E-state index contributed by atoms with van der Waals surface area (Å²) < 4.78 is 28.1. The van der Waals surface area contributed by atoms with Crippen LogP contribution >= 0.6 is 0 Å². The van der Waals surface area contributed by atoms with Gasteiger partial charge in [0, 0.05) is 24.4 Å². The van der Waals surface area contributed by atoms with Gasteiger partial charge in [0.2, 0.25) is 5.91 Å². The molecule has 0 aliphatic heterocycles. The van der Waals surface area contributed by atoms with Crippen LogP contribution in [0.3, 0.4) is 0 Å². The van der Waals surface area contributed by atoms with Crippen molar-refractivity contribution in [3.05, 3.63) is 54.4 Å². The minimum absolute atomic E-state index is 0.0479. The molecule has 1 saturated carbocycles. The highest BCUT2D eigenvalue weighted by atomic mass is 19.2. The van der Waals surface area contributed by atoms with Crippen LogP contribution in [-0.4, -0.2) is 15.5 Å². The summed E-state index contributed by atoms with van der Waals surface area (Å²) >= 11 is 0. The number of hydrogen-bond donors (Lipinski definition) is 0. The predicted molar refractivity (Wildman–Crippen MR) is 83.1 cm³/mol. The lowest BCUT2D eigenvalue weighted by Gasteiger charge is -2.06. The number of rotatable bonds is 3. The summed E-state index contributed by atoms with van der Waals surface area (Å²) in [5, 5.41) is 0. The molecule has 2 heterocycles. The number of hydrogen-bond acceptors (Lipinski definition) is 2. The average molecular weight is 312 g/mol. The standard InChI is InChI=1S/C18H14F2N2O/c19-14-4-3-12(8-15(14)20)13-9-17-16(21-10-13)5-6-22(17)18(23)7-11-1-2-11/h3-6,8-11H,1-2,7H2. The van der Waals surface area contributed by atoms with E-state index in [9.17, 15) is 13.6 Å². The molecule has 2 aromatic heterocycles. The second-order valence-corrected chi connectivity index (χ2v) is 5.98. The van der Waals surface area contributed by atoms with E-state index in [1.54, 1.807) is 29.1 Å². The van der Waals surface area contributed by atoms with Gasteiger partial charge in [0.1, 0.15) is 0 Å². The molecule has 1 fully saturated rings. The molecule has 1 aliphatic carbocycles. The summed E-state index contributed by atoms with van der Waals surface area (Å²) in [6, 6.07) is 7.30. The molecule has 0 saturated heterocycles. The minimum atomic E-state index is -0.900. The van der Waals surface area contributed by atoms with E-state index in [0.717, 1.165) is 25.0 Å². The van der Waals surface area contributed by atoms with Crippen molar-refractivity contribution in [3.63, 3.8) is 0 Å². The average Bonchev–Trinajstić information content (AvgIpc) is 3.25. The molecule has 0 radical (unpaired) electrons. The number of benzene rings is 1. The fraction of sp³-hybridized carbons (Fsp3) is 0.222. The summed E-state index contributed by atoms with van der Waals surface area (Å²) in [6.45, 7) is 0. The lowest BCUT2D eigenvalue weighted by atomic mass is 10.1. The fourth-order valence-electron chi connectivity index (χ4n) is 2.73. The van der Waals surface area contributed by atoms with Crippen LogP contribution in [0.4, 0.5) is 8.78 Å². The molecule has 0 atom stereocenters. The molecule has 5 heteroatoms. The van der Waals surface area contributed by atoms with Crippen molar-refractivity contribution < 1.29 is 13.6 Å². The van der Waals surface area contributed by atoms with Gasteiger partial charge in [-0.3, -0.25) is 14.3 Å². The van der Waals surface area contributed by atoms with Crippen LogP contribution in [0.2, 0.25) is 0 Å². The Bertz CT molecular complexity index is 913. The quantitative estimate of drug-likeness (QED) is 0.717. The van der Waals surface area contributed by atoms with Gasteiger partial charge in [-0.1, -0.05) is 6.07 Å². The zero-order chi connectivity index (χ0) is 16.0. The van der Waals surface area contributed by atoms with Crippen LogP contribution in [0.25, 0.3) is 22.2 Å². The predicted octanol–water partition coefficient (Wildman–Crippen LogP) is 4.42. The third kappa shape index (κ3) is 2.63. The van der Waals surface area contributed by atoms with E-state index in [-0.39, 0.29) is 5.91 Å². The van der Waals surface area contributed by atoms with Crippen LogP contribution < -0.4 is 0 Å². The Kier molecular flexibility index (Phi) is 3.22. The molecular weight excluding hydrogens is 298 g/mol. The number of carbonyl (C=O) groups is 1. The Hall–Kier alpha value is -2.56. The first kappa shape index (κ1) is 14.1. The molecule has 1 aliphatic rings. The Morgan fingerprint density at radius 1 is 1.13 bits per heavy atom. The Balaban J connectivity index is 1.76. The maximum Gasteiger partial charge on any atom is 0.231 e. The van der Waals surface area contributed by atoms with Gasteiger partial charge >= 0.3 is 0 Å². The number of nitrogens with zero attached hydrogens (tertiary/aromatic N) is 2. The summed E-state index contributed by atoms with van der Waals surface area (Å²) in [5.41, 5.74) is 2.58. The fourth-order valence-corrected chi connectivity index (χ4v) is 2.73. The van der Waals surface area contributed by atoms with Crippen molar-refractivity contribution in [1.29, 1.82) is 0 Å². The van der Waals surface area contributed by atoms with Gasteiger partial charge in [-0.05, 0) is 48.6 Å². The van der Waals surface area contributed by atoms with Crippen LogP contribution in [0, 0.1) is 17.6 Å². The number of pyridine rings is 1. The second kappa shape index (κ2) is 5.26. The molecule has 3 aromatic rings. The first-order chi connectivity index (χ1) is 11.1. The van der Waals surface area contributed by atoms with Gasteiger partial charge in [0.15, 0.2) is 11.6 Å². The summed E-state index contributed by atoms with van der Waals surface area (Å²) in [6.07, 6.45) is 6.09. The van der Waals surface area contributed by atoms with E-state index in [1.807, 2.05) is 0 Å². The second-order valence-electron chi connectivity index (χ2n) is 5.98. The highest BCUT2D eigenvalue weighted by Crippen LogP contribution is 2.33. The Morgan fingerprint density at radius 2 is 1.96 bits per heavy atom. The van der Waals surface area contributed by atoms with Gasteiger partial charge in [-0.2, -0.15) is 0 Å². The zero-order valence-electron chi connectivity index (χ0n) is 12.3. The van der Waals surface area contributed by atoms with E-state index in [2.05, 4.69) is 4.98 Å². The van der Waals surface area contributed by atoms with Crippen LogP contribution in [0.5, 0.6) is 0 Å². The van der Waals surface area contributed by atoms with Gasteiger partial charge in [0.05, 0.1) is 11.0 Å². The van der Waals surface area contributed by atoms with Crippen molar-refractivity contribution in [3.8, 4) is 11.1 Å². The maximum atomic E-state index is 13.4. The number of fused-ring (bicyclic) bond motifs is 1. The van der Waals surface area contributed by atoms with Gasteiger partial charge in [-0.15, -0.1) is 0 Å². The first-order valence-corrected chi connectivity index (χ1v) is 7.57. The normalized spacial score (nSPS) is 14.3. The topological polar surface area (TPSA) is 34.9 Å². The molecule has 0 bridgehead atoms. The Morgan fingerprint density at radius 3 is 2.70 bits per heavy atom. The maximum absolute atomic E-state index is 13.4. The van der Waals surface area contributed by atoms with Crippen molar-refractivity contribution in [2.75, 3.05) is 0 Å². The highest BCUT2D eigenvalue weighted by molar-refractivity contribution is 5.92. The van der Waals surface area contributed by atoms with Crippen LogP contribution in [0.15, 0.2) is 42.7 Å². The zero-order valence-corrected chi connectivity index (χ0v) is 12.3. The smallest absolute Gasteiger partial charge is 0.231 e. The molecule has 23 heavy (non-hydrogen) atoms. The Labute approximate surface area is 131 Å². The molecule has 1 aromatic carbocycles. The number of carbonyl (C=O) groups excluding carboxylic acids is 1. The number of halogens is 2. The molecule has 0 unspecified atom stereocenters.